The first kappa shape index (κ1) is 15.0. The quantitative estimate of drug-likeness (QED) is 0.941. The Morgan fingerprint density at radius 1 is 1.50 bits per heavy atom. The molecular formula is C15H16ClFN4O. The maximum atomic E-state index is 14.0. The van der Waals surface area contributed by atoms with Crippen LogP contribution in [0.1, 0.15) is 36.4 Å². The van der Waals surface area contributed by atoms with Gasteiger partial charge in [0.2, 0.25) is 5.91 Å². The van der Waals surface area contributed by atoms with Gasteiger partial charge in [-0.3, -0.25) is 9.48 Å². The van der Waals surface area contributed by atoms with Crippen LogP contribution in [0.25, 0.3) is 0 Å². The number of nitrogens with zero attached hydrogens (tertiary/aromatic N) is 3. The van der Waals surface area contributed by atoms with E-state index in [4.69, 9.17) is 11.6 Å². The van der Waals surface area contributed by atoms with E-state index in [1.807, 2.05) is 0 Å². The van der Waals surface area contributed by atoms with Gasteiger partial charge in [0.15, 0.2) is 0 Å². The van der Waals surface area contributed by atoms with Gasteiger partial charge in [-0.15, -0.1) is 0 Å². The highest BCUT2D eigenvalue weighted by Crippen LogP contribution is 2.33. The summed E-state index contributed by atoms with van der Waals surface area (Å²) in [7, 11) is 0. The normalized spacial score (nSPS) is 17.1. The number of aryl methyl sites for hydroxylation is 1. The molecule has 0 aliphatic heterocycles. The topological polar surface area (TPSA) is 59.8 Å². The van der Waals surface area contributed by atoms with E-state index in [0.717, 1.165) is 18.4 Å². The molecule has 1 aliphatic rings. The molecule has 0 saturated heterocycles. The van der Waals surface area contributed by atoms with Gasteiger partial charge in [0.1, 0.15) is 18.5 Å². The Bertz CT molecular complexity index is 674. The van der Waals surface area contributed by atoms with E-state index in [0.29, 0.717) is 30.0 Å². The monoisotopic (exact) mass is 322 g/mol. The number of amides is 1. The average Bonchev–Trinajstić information content (AvgIpc) is 2.99. The van der Waals surface area contributed by atoms with Crippen molar-refractivity contribution in [3.8, 4) is 0 Å². The summed E-state index contributed by atoms with van der Waals surface area (Å²) < 4.78 is 15.6. The number of fused-ring (bicyclic) bond motifs is 1. The van der Waals surface area contributed by atoms with E-state index >= 15 is 0 Å². The van der Waals surface area contributed by atoms with Crippen LogP contribution in [-0.2, 0) is 17.8 Å². The molecule has 0 saturated carbocycles. The molecule has 1 unspecified atom stereocenters. The van der Waals surface area contributed by atoms with Crippen LogP contribution >= 0.6 is 11.6 Å². The van der Waals surface area contributed by atoms with Crippen molar-refractivity contribution in [3.63, 3.8) is 0 Å². The molecule has 1 amide bonds. The van der Waals surface area contributed by atoms with Crippen LogP contribution in [0, 0.1) is 5.82 Å². The van der Waals surface area contributed by atoms with Crippen LogP contribution in [0.2, 0.25) is 5.02 Å². The fourth-order valence-electron chi connectivity index (χ4n) is 2.82. The number of benzene rings is 1. The predicted octanol–water partition coefficient (Wildman–Crippen LogP) is 2.65. The van der Waals surface area contributed by atoms with Crippen LogP contribution < -0.4 is 5.32 Å². The predicted molar refractivity (Wildman–Crippen MR) is 79.9 cm³/mol. The second kappa shape index (κ2) is 6.44. The van der Waals surface area contributed by atoms with Crippen LogP contribution in [0.5, 0.6) is 0 Å². The second-order valence-electron chi connectivity index (χ2n) is 5.38. The number of carbonyl (C=O) groups is 1. The summed E-state index contributed by atoms with van der Waals surface area (Å²) in [6, 6.07) is 2.90. The van der Waals surface area contributed by atoms with E-state index in [2.05, 4.69) is 15.4 Å². The van der Waals surface area contributed by atoms with E-state index < -0.39 is 0 Å². The number of hydrogen-bond acceptors (Lipinski definition) is 3. The van der Waals surface area contributed by atoms with Crippen molar-refractivity contribution >= 4 is 17.5 Å². The molecule has 0 bridgehead atoms. The summed E-state index contributed by atoms with van der Waals surface area (Å²) in [6.45, 7) is 0.468. The third kappa shape index (κ3) is 3.27. The SMILES string of the molecule is O=C(CCn1cncn1)NC1CCCc2c(F)cc(Cl)cc21. The van der Waals surface area contributed by atoms with Gasteiger partial charge in [-0.1, -0.05) is 11.6 Å². The molecule has 5 nitrogen and oxygen atoms in total. The molecule has 1 heterocycles. The molecule has 0 spiro atoms. The summed E-state index contributed by atoms with van der Waals surface area (Å²) in [5.74, 6) is -0.377. The summed E-state index contributed by atoms with van der Waals surface area (Å²) >= 11 is 5.94. The number of rotatable bonds is 4. The lowest BCUT2D eigenvalue weighted by atomic mass is 9.87. The molecule has 116 valence electrons. The Morgan fingerprint density at radius 3 is 3.14 bits per heavy atom. The fraction of sp³-hybridized carbons (Fsp3) is 0.400. The Hall–Kier alpha value is -1.95. The van der Waals surface area contributed by atoms with Crippen molar-refractivity contribution in [2.45, 2.75) is 38.3 Å². The summed E-state index contributed by atoms with van der Waals surface area (Å²) in [4.78, 5) is 15.9. The summed E-state index contributed by atoms with van der Waals surface area (Å²) in [6.07, 6.45) is 5.63. The zero-order valence-electron chi connectivity index (χ0n) is 11.9. The Balaban J connectivity index is 1.68. The highest BCUT2D eigenvalue weighted by Gasteiger charge is 2.24. The highest BCUT2D eigenvalue weighted by molar-refractivity contribution is 6.30. The average molecular weight is 323 g/mol. The number of carbonyl (C=O) groups excluding carboxylic acids is 1. The minimum atomic E-state index is -0.288. The number of hydrogen-bond donors (Lipinski definition) is 1. The van der Waals surface area contributed by atoms with Crippen LogP contribution in [0.3, 0.4) is 0 Å². The van der Waals surface area contributed by atoms with Crippen molar-refractivity contribution < 1.29 is 9.18 Å². The molecule has 1 aliphatic carbocycles. The lowest BCUT2D eigenvalue weighted by Crippen LogP contribution is -2.31. The lowest BCUT2D eigenvalue weighted by Gasteiger charge is -2.27. The highest BCUT2D eigenvalue weighted by atomic mass is 35.5. The molecule has 0 radical (unpaired) electrons. The van der Waals surface area contributed by atoms with Gasteiger partial charge >= 0.3 is 0 Å². The third-order valence-corrected chi connectivity index (χ3v) is 4.08. The van der Waals surface area contributed by atoms with Gasteiger partial charge in [0.05, 0.1) is 12.6 Å². The molecule has 7 heteroatoms. The van der Waals surface area contributed by atoms with Gasteiger partial charge < -0.3 is 5.32 Å². The van der Waals surface area contributed by atoms with Crippen molar-refractivity contribution in [3.05, 3.63) is 46.8 Å². The van der Waals surface area contributed by atoms with Gasteiger partial charge in [-0.05, 0) is 42.5 Å². The zero-order chi connectivity index (χ0) is 15.5. The maximum Gasteiger partial charge on any atom is 0.222 e. The molecule has 1 aromatic carbocycles. The van der Waals surface area contributed by atoms with Gasteiger partial charge in [-0.2, -0.15) is 5.10 Å². The van der Waals surface area contributed by atoms with Gasteiger partial charge in [0.25, 0.3) is 0 Å². The smallest absolute Gasteiger partial charge is 0.222 e. The van der Waals surface area contributed by atoms with Crippen molar-refractivity contribution in [1.29, 1.82) is 0 Å². The van der Waals surface area contributed by atoms with Gasteiger partial charge in [0, 0.05) is 11.4 Å². The van der Waals surface area contributed by atoms with Crippen LogP contribution in [0.4, 0.5) is 4.39 Å². The van der Waals surface area contributed by atoms with E-state index in [1.54, 1.807) is 17.1 Å². The second-order valence-corrected chi connectivity index (χ2v) is 5.81. The molecule has 1 aromatic heterocycles. The molecule has 1 N–H and O–H groups in total. The van der Waals surface area contributed by atoms with Gasteiger partial charge in [-0.25, -0.2) is 9.37 Å². The molecular weight excluding hydrogens is 307 g/mol. The number of halogens is 2. The van der Waals surface area contributed by atoms with E-state index in [9.17, 15) is 9.18 Å². The van der Waals surface area contributed by atoms with Crippen molar-refractivity contribution in [2.75, 3.05) is 0 Å². The first-order valence-corrected chi connectivity index (χ1v) is 7.61. The number of aromatic nitrogens is 3. The minimum Gasteiger partial charge on any atom is -0.349 e. The Kier molecular flexibility index (Phi) is 4.38. The summed E-state index contributed by atoms with van der Waals surface area (Å²) in [5.41, 5.74) is 1.46. The number of nitrogens with one attached hydrogen (secondary N) is 1. The van der Waals surface area contributed by atoms with E-state index in [1.165, 1.54) is 12.4 Å². The molecule has 3 rings (SSSR count). The minimum absolute atomic E-state index is 0.0891. The largest absolute Gasteiger partial charge is 0.349 e. The van der Waals surface area contributed by atoms with Crippen LogP contribution in [0.15, 0.2) is 24.8 Å². The molecule has 2 aromatic rings. The first-order chi connectivity index (χ1) is 10.6. The Morgan fingerprint density at radius 2 is 2.36 bits per heavy atom. The van der Waals surface area contributed by atoms with Crippen molar-refractivity contribution in [2.24, 2.45) is 0 Å². The van der Waals surface area contributed by atoms with E-state index in [-0.39, 0.29) is 17.8 Å². The van der Waals surface area contributed by atoms with Crippen molar-refractivity contribution in [1.82, 2.24) is 20.1 Å². The standard InChI is InChI=1S/C15H16ClFN4O/c16-10-6-12-11(13(17)7-10)2-1-3-14(12)20-15(22)4-5-21-9-18-8-19-21/h6-9,14H,1-5H2,(H,20,22). The van der Waals surface area contributed by atoms with Crippen LogP contribution in [-0.4, -0.2) is 20.7 Å². The first-order valence-electron chi connectivity index (χ1n) is 7.23. The molecule has 1 atom stereocenters. The third-order valence-electron chi connectivity index (χ3n) is 3.86. The molecule has 0 fully saturated rings. The zero-order valence-corrected chi connectivity index (χ0v) is 12.7. The maximum absolute atomic E-state index is 14.0. The Labute approximate surface area is 132 Å². The lowest BCUT2D eigenvalue weighted by molar-refractivity contribution is -0.122. The fourth-order valence-corrected chi connectivity index (χ4v) is 3.03. The summed E-state index contributed by atoms with van der Waals surface area (Å²) in [5, 5.41) is 7.28. The molecule has 22 heavy (non-hydrogen) atoms.